The topological polar surface area (TPSA) is 23.1 Å². The van der Waals surface area contributed by atoms with Crippen LogP contribution in [0.25, 0.3) is 0 Å². The number of benzene rings is 1. The molecule has 0 amide bonds. The van der Waals surface area contributed by atoms with Gasteiger partial charge in [-0.3, -0.25) is 0 Å². The van der Waals surface area contributed by atoms with Crippen molar-refractivity contribution in [3.63, 3.8) is 0 Å². The molecule has 0 unspecified atom stereocenters. The summed E-state index contributed by atoms with van der Waals surface area (Å²) in [7, 11) is 0. The Morgan fingerprint density at radius 1 is 1.15 bits per heavy atom. The van der Waals surface area contributed by atoms with E-state index in [1.807, 2.05) is 32.9 Å². The van der Waals surface area contributed by atoms with Gasteiger partial charge < -0.3 is 0 Å². The van der Waals surface area contributed by atoms with E-state index < -0.39 is 0 Å². The Bertz CT molecular complexity index is 311. The average Bonchev–Trinajstić information content (AvgIpc) is 1.82. The molecular weight excluding hydrogens is 218 g/mol. The zero-order chi connectivity index (χ0) is 9.30. The normalized spacial score (nSPS) is 9.23. The van der Waals surface area contributed by atoms with Gasteiger partial charge in [-0.15, -0.1) is 0 Å². The molecule has 1 nitrogen and oxygen atoms in total. The predicted molar refractivity (Wildman–Crippen MR) is 51.9 cm³/mol. The number of hydrogen-bond donors (Lipinski definition) is 0. The molecule has 0 fully saturated rings. The monoisotopic (exact) mass is 230 g/mol. The van der Waals surface area contributed by atoms with Crippen molar-refractivity contribution in [2.45, 2.75) is 20.8 Å². The molecule has 13 heavy (non-hydrogen) atoms. The number of rotatable bonds is 1. The smallest absolute Gasteiger partial charge is 1.00 e. The molecule has 0 N–H and O–H groups in total. The molecule has 0 aromatic heterocycles. The van der Waals surface area contributed by atoms with E-state index in [0.29, 0.717) is 0 Å². The van der Waals surface area contributed by atoms with Crippen molar-refractivity contribution in [1.82, 2.24) is 0 Å². The van der Waals surface area contributed by atoms with Gasteiger partial charge in [-0.25, -0.2) is 0 Å². The second kappa shape index (κ2) is 5.18. The molecule has 0 atom stereocenters. The van der Waals surface area contributed by atoms with Crippen molar-refractivity contribution >= 4 is 20.9 Å². The van der Waals surface area contributed by atoms with Crippen LogP contribution < -0.4 is 24.0 Å². The van der Waals surface area contributed by atoms with Crippen LogP contribution in [0.2, 0.25) is 0 Å². The molecule has 0 aliphatic carbocycles. The summed E-state index contributed by atoms with van der Waals surface area (Å²) in [6.07, 6.45) is 0. The fourth-order valence-corrected chi connectivity index (χ4v) is 2.37. The largest absolute Gasteiger partial charge is 1.00 e. The Kier molecular flexibility index (Phi) is 5.26. The Morgan fingerprint density at radius 3 is 1.85 bits per heavy atom. The minimum atomic E-state index is 0. The van der Waals surface area contributed by atoms with Crippen molar-refractivity contribution in [2.24, 2.45) is 0 Å². The van der Waals surface area contributed by atoms with Crippen molar-refractivity contribution in [1.29, 1.82) is 0 Å². The van der Waals surface area contributed by atoms with Gasteiger partial charge in [-0.2, -0.15) is 0 Å². The van der Waals surface area contributed by atoms with E-state index in [4.69, 9.17) is 0 Å². The fraction of sp³-hybridized carbons (Fsp3) is 0.300. The Morgan fingerprint density at radius 2 is 1.54 bits per heavy atom. The van der Waals surface area contributed by atoms with Crippen LogP contribution in [0.1, 0.15) is 22.3 Å². The van der Waals surface area contributed by atoms with Crippen LogP contribution in [0.4, 0.5) is 0 Å². The Labute approximate surface area is 99.8 Å². The van der Waals surface area contributed by atoms with Gasteiger partial charge in [0.15, 0.2) is 0 Å². The van der Waals surface area contributed by atoms with Gasteiger partial charge in [0, 0.05) is 0 Å². The standard InChI is InChI=1S/C10H13AsO.Li/c1-6-4-7(2)9(10(11)12)8(3)5-6;/h4-5,11-12H,1-3H3;/q;+1/p-1. The van der Waals surface area contributed by atoms with E-state index in [-0.39, 0.29) is 23.4 Å². The molecule has 0 aliphatic rings. The van der Waals surface area contributed by atoms with E-state index in [0.717, 1.165) is 16.7 Å². The first kappa shape index (κ1) is 13.2. The van der Waals surface area contributed by atoms with E-state index in [1.54, 1.807) is 16.4 Å². The SMILES string of the molecule is Cc1cc(C)c(C([O-])=[AsH])c(C)c1.[Li+]. The van der Waals surface area contributed by atoms with Gasteiger partial charge in [-0.1, -0.05) is 0 Å². The van der Waals surface area contributed by atoms with Crippen molar-refractivity contribution in [2.75, 3.05) is 0 Å². The Hall–Kier alpha value is 0.206. The summed E-state index contributed by atoms with van der Waals surface area (Å²) in [6.45, 7) is 6.01. The molecule has 1 rings (SSSR count). The van der Waals surface area contributed by atoms with Crippen LogP contribution in [0.3, 0.4) is 0 Å². The summed E-state index contributed by atoms with van der Waals surface area (Å²) in [5.41, 5.74) is 4.26. The summed E-state index contributed by atoms with van der Waals surface area (Å²) in [5, 5.41) is 11.2. The maximum absolute atomic E-state index is 11.2. The minimum absolute atomic E-state index is 0. The molecule has 1 aromatic rings. The molecule has 64 valence electrons. The van der Waals surface area contributed by atoms with Gasteiger partial charge in [-0.05, 0) is 0 Å². The molecule has 1 aromatic carbocycles. The summed E-state index contributed by atoms with van der Waals surface area (Å²) >= 11 is 1.62. The fourth-order valence-electron chi connectivity index (χ4n) is 1.54. The zero-order valence-electron chi connectivity index (χ0n) is 8.56. The van der Waals surface area contributed by atoms with Crippen LogP contribution >= 0.6 is 0 Å². The molecule has 0 saturated carbocycles. The summed E-state index contributed by atoms with van der Waals surface area (Å²) in [4.78, 5) is 0. The first-order valence-corrected chi connectivity index (χ1v) is 4.91. The molecule has 0 aliphatic heterocycles. The average molecular weight is 230 g/mol. The number of aryl methyl sites for hydroxylation is 3. The first-order valence-electron chi connectivity index (χ1n) is 3.86. The molecule has 0 saturated heterocycles. The molecular formula is C10H12AsLiO. The minimum Gasteiger partial charge on any atom is 1.00 e. The van der Waals surface area contributed by atoms with Gasteiger partial charge in [0.05, 0.1) is 0 Å². The third kappa shape index (κ3) is 3.11. The summed E-state index contributed by atoms with van der Waals surface area (Å²) in [5.74, 6) is 0. The molecule has 3 heteroatoms. The second-order valence-electron chi connectivity index (χ2n) is 3.10. The summed E-state index contributed by atoms with van der Waals surface area (Å²) < 4.78 is 0.157. The maximum Gasteiger partial charge on any atom is 1.00 e. The summed E-state index contributed by atoms with van der Waals surface area (Å²) in [6, 6.07) is 4.09. The zero-order valence-corrected chi connectivity index (χ0v) is 10.7. The molecule has 0 spiro atoms. The van der Waals surface area contributed by atoms with Crippen LogP contribution in [0, 0.1) is 20.8 Å². The Balaban J connectivity index is 0.00000144. The quantitative estimate of drug-likeness (QED) is 0.483. The predicted octanol–water partition coefficient (Wildman–Crippen LogP) is -2.65. The van der Waals surface area contributed by atoms with Crippen LogP contribution in [-0.4, -0.2) is 20.9 Å². The van der Waals surface area contributed by atoms with Gasteiger partial charge >= 0.3 is 100 Å². The van der Waals surface area contributed by atoms with E-state index in [9.17, 15) is 5.11 Å². The molecule has 0 heterocycles. The van der Waals surface area contributed by atoms with E-state index in [2.05, 4.69) is 0 Å². The van der Waals surface area contributed by atoms with Crippen molar-refractivity contribution in [3.8, 4) is 0 Å². The van der Waals surface area contributed by atoms with Crippen molar-refractivity contribution in [3.05, 3.63) is 34.4 Å². The van der Waals surface area contributed by atoms with Gasteiger partial charge in [0.2, 0.25) is 0 Å². The third-order valence-corrected chi connectivity index (χ3v) is 2.43. The van der Waals surface area contributed by atoms with Gasteiger partial charge in [0.25, 0.3) is 0 Å². The second-order valence-corrected chi connectivity index (χ2v) is 4.06. The van der Waals surface area contributed by atoms with Gasteiger partial charge in [0.1, 0.15) is 0 Å². The van der Waals surface area contributed by atoms with Crippen LogP contribution in [-0.2, 0) is 0 Å². The maximum atomic E-state index is 11.2. The van der Waals surface area contributed by atoms with Crippen LogP contribution in [0.15, 0.2) is 12.1 Å². The van der Waals surface area contributed by atoms with E-state index >= 15 is 0 Å². The van der Waals surface area contributed by atoms with E-state index in [1.165, 1.54) is 5.56 Å². The first-order chi connectivity index (χ1) is 5.52. The number of hydrogen-bond acceptors (Lipinski definition) is 1. The third-order valence-electron chi connectivity index (χ3n) is 1.90. The molecule has 0 bridgehead atoms. The van der Waals surface area contributed by atoms with Crippen LogP contribution in [0.5, 0.6) is 0 Å². The molecule has 0 radical (unpaired) electrons. The van der Waals surface area contributed by atoms with Crippen molar-refractivity contribution < 1.29 is 24.0 Å².